The van der Waals surface area contributed by atoms with E-state index in [1.165, 1.54) is 12.1 Å². The molecule has 0 aliphatic rings. The van der Waals surface area contributed by atoms with Crippen LogP contribution in [0.2, 0.25) is 0 Å². The molecule has 1 unspecified atom stereocenters. The highest BCUT2D eigenvalue weighted by molar-refractivity contribution is 9.10. The van der Waals surface area contributed by atoms with Gasteiger partial charge in [0.15, 0.2) is 0 Å². The van der Waals surface area contributed by atoms with E-state index < -0.39 is 11.6 Å². The lowest BCUT2D eigenvalue weighted by molar-refractivity contribution is 0.530. The highest BCUT2D eigenvalue weighted by Gasteiger charge is 2.13. The van der Waals surface area contributed by atoms with Crippen molar-refractivity contribution in [3.05, 3.63) is 63.9 Å². The van der Waals surface area contributed by atoms with Crippen LogP contribution in [0, 0.1) is 11.6 Å². The number of nitrogens with zero attached hydrogens (tertiary/aromatic N) is 1. The summed E-state index contributed by atoms with van der Waals surface area (Å²) < 4.78 is 27.2. The quantitative estimate of drug-likeness (QED) is 0.670. The topological polar surface area (TPSA) is 50.9 Å². The van der Waals surface area contributed by atoms with Crippen LogP contribution in [0.3, 0.4) is 0 Å². The van der Waals surface area contributed by atoms with Crippen LogP contribution in [0.25, 0.3) is 0 Å². The first-order chi connectivity index (χ1) is 9.08. The minimum Gasteiger partial charge on any atom is -0.271 e. The number of benzene rings is 1. The van der Waals surface area contributed by atoms with Crippen molar-refractivity contribution in [1.82, 2.24) is 10.4 Å². The Bertz CT molecular complexity index is 557. The van der Waals surface area contributed by atoms with Crippen molar-refractivity contribution in [1.29, 1.82) is 0 Å². The SMILES string of the molecule is NNC(Cc1cncc(Br)c1)c1cc(F)cc(F)c1. The van der Waals surface area contributed by atoms with Crippen LogP contribution in [-0.2, 0) is 6.42 Å². The Kier molecular flexibility index (Phi) is 4.57. The predicted molar refractivity (Wildman–Crippen MR) is 72.1 cm³/mol. The highest BCUT2D eigenvalue weighted by atomic mass is 79.9. The first kappa shape index (κ1) is 14.0. The highest BCUT2D eigenvalue weighted by Crippen LogP contribution is 2.21. The van der Waals surface area contributed by atoms with Gasteiger partial charge in [-0.2, -0.15) is 0 Å². The standard InChI is InChI=1S/C13H12BrF2N3/c14-10-1-8(6-18-7-10)2-13(19-17)9-3-11(15)5-12(16)4-9/h1,3-7,13,19H,2,17H2. The maximum Gasteiger partial charge on any atom is 0.126 e. The number of aromatic nitrogens is 1. The molecule has 1 aromatic heterocycles. The molecule has 0 bridgehead atoms. The zero-order chi connectivity index (χ0) is 13.8. The van der Waals surface area contributed by atoms with Gasteiger partial charge in [0, 0.05) is 22.9 Å². The van der Waals surface area contributed by atoms with Crippen LogP contribution in [0.5, 0.6) is 0 Å². The van der Waals surface area contributed by atoms with Crippen LogP contribution in [0.15, 0.2) is 41.1 Å². The molecule has 0 aliphatic heterocycles. The molecule has 0 saturated carbocycles. The van der Waals surface area contributed by atoms with E-state index in [4.69, 9.17) is 5.84 Å². The molecule has 1 atom stereocenters. The number of hydrogen-bond donors (Lipinski definition) is 2. The Hall–Kier alpha value is -1.37. The fourth-order valence-electron chi connectivity index (χ4n) is 1.85. The zero-order valence-corrected chi connectivity index (χ0v) is 11.5. The average molecular weight is 328 g/mol. The maximum atomic E-state index is 13.2. The largest absolute Gasteiger partial charge is 0.271 e. The summed E-state index contributed by atoms with van der Waals surface area (Å²) in [6.07, 6.45) is 3.83. The molecule has 0 amide bonds. The Labute approximate surface area is 117 Å². The average Bonchev–Trinajstić information content (AvgIpc) is 2.34. The summed E-state index contributed by atoms with van der Waals surface area (Å²) in [7, 11) is 0. The number of hydrogen-bond acceptors (Lipinski definition) is 3. The van der Waals surface area contributed by atoms with Gasteiger partial charge in [0.05, 0.1) is 6.04 Å². The van der Waals surface area contributed by atoms with Gasteiger partial charge in [-0.05, 0) is 51.7 Å². The molecule has 0 spiro atoms. The predicted octanol–water partition coefficient (Wildman–Crippen LogP) is 2.87. The molecule has 3 N–H and O–H groups in total. The van der Waals surface area contributed by atoms with E-state index in [1.807, 2.05) is 6.07 Å². The molecular formula is C13H12BrF2N3. The van der Waals surface area contributed by atoms with Crippen molar-refractivity contribution < 1.29 is 8.78 Å². The molecule has 0 fully saturated rings. The molecule has 3 nitrogen and oxygen atoms in total. The smallest absolute Gasteiger partial charge is 0.126 e. The number of halogens is 3. The summed E-state index contributed by atoms with van der Waals surface area (Å²) in [5, 5.41) is 0. The van der Waals surface area contributed by atoms with Crippen molar-refractivity contribution in [3.8, 4) is 0 Å². The van der Waals surface area contributed by atoms with Crippen LogP contribution < -0.4 is 11.3 Å². The first-order valence-corrected chi connectivity index (χ1v) is 6.39. The lowest BCUT2D eigenvalue weighted by Crippen LogP contribution is -2.29. The van der Waals surface area contributed by atoms with Gasteiger partial charge in [0.1, 0.15) is 11.6 Å². The van der Waals surface area contributed by atoms with Crippen LogP contribution in [0.4, 0.5) is 8.78 Å². The first-order valence-electron chi connectivity index (χ1n) is 5.60. The van der Waals surface area contributed by atoms with Crippen LogP contribution in [-0.4, -0.2) is 4.98 Å². The van der Waals surface area contributed by atoms with E-state index >= 15 is 0 Å². The van der Waals surface area contributed by atoms with E-state index in [2.05, 4.69) is 26.3 Å². The summed E-state index contributed by atoms with van der Waals surface area (Å²) in [5.74, 6) is 4.22. The van der Waals surface area contributed by atoms with Gasteiger partial charge in [0.2, 0.25) is 0 Å². The Morgan fingerprint density at radius 2 is 1.84 bits per heavy atom. The molecule has 1 heterocycles. The van der Waals surface area contributed by atoms with Gasteiger partial charge in [-0.15, -0.1) is 0 Å². The van der Waals surface area contributed by atoms with Gasteiger partial charge < -0.3 is 0 Å². The molecule has 19 heavy (non-hydrogen) atoms. The zero-order valence-electron chi connectivity index (χ0n) is 9.91. The summed E-state index contributed by atoms with van der Waals surface area (Å²) >= 11 is 3.32. The minimum atomic E-state index is -0.623. The van der Waals surface area contributed by atoms with E-state index in [0.29, 0.717) is 12.0 Å². The van der Waals surface area contributed by atoms with E-state index in [1.54, 1.807) is 12.4 Å². The molecule has 0 aliphatic carbocycles. The van der Waals surface area contributed by atoms with Crippen molar-refractivity contribution >= 4 is 15.9 Å². The second-order valence-electron chi connectivity index (χ2n) is 4.14. The Balaban J connectivity index is 2.24. The van der Waals surface area contributed by atoms with Crippen molar-refractivity contribution in [2.24, 2.45) is 5.84 Å². The van der Waals surface area contributed by atoms with Crippen molar-refractivity contribution in [2.75, 3.05) is 0 Å². The minimum absolute atomic E-state index is 0.388. The van der Waals surface area contributed by atoms with Gasteiger partial charge in [0.25, 0.3) is 0 Å². The van der Waals surface area contributed by atoms with E-state index in [-0.39, 0.29) is 6.04 Å². The molecular weight excluding hydrogens is 316 g/mol. The van der Waals surface area contributed by atoms with Crippen LogP contribution in [0.1, 0.15) is 17.2 Å². The molecule has 6 heteroatoms. The monoisotopic (exact) mass is 327 g/mol. The second-order valence-corrected chi connectivity index (χ2v) is 5.05. The fraction of sp³-hybridized carbons (Fsp3) is 0.154. The third-order valence-electron chi connectivity index (χ3n) is 2.69. The third kappa shape index (κ3) is 3.79. The van der Waals surface area contributed by atoms with Crippen LogP contribution >= 0.6 is 15.9 Å². The number of nitrogens with two attached hydrogens (primary N) is 1. The summed E-state index contributed by atoms with van der Waals surface area (Å²) in [5.41, 5.74) is 3.93. The van der Waals surface area contributed by atoms with Crippen molar-refractivity contribution in [3.63, 3.8) is 0 Å². The lowest BCUT2D eigenvalue weighted by Gasteiger charge is -2.16. The summed E-state index contributed by atoms with van der Waals surface area (Å²) in [4.78, 5) is 4.04. The van der Waals surface area contributed by atoms with Gasteiger partial charge in [-0.25, -0.2) is 8.78 Å². The van der Waals surface area contributed by atoms with Gasteiger partial charge >= 0.3 is 0 Å². The molecule has 1 aromatic carbocycles. The Morgan fingerprint density at radius 3 is 2.42 bits per heavy atom. The molecule has 0 radical (unpaired) electrons. The van der Waals surface area contributed by atoms with E-state index in [9.17, 15) is 8.78 Å². The maximum absolute atomic E-state index is 13.2. The number of nitrogens with one attached hydrogen (secondary N) is 1. The summed E-state index contributed by atoms with van der Waals surface area (Å²) in [6, 6.07) is 4.85. The second kappa shape index (κ2) is 6.18. The normalized spacial score (nSPS) is 12.4. The fourth-order valence-corrected chi connectivity index (χ4v) is 2.26. The lowest BCUT2D eigenvalue weighted by atomic mass is 10.0. The number of rotatable bonds is 4. The van der Waals surface area contributed by atoms with Gasteiger partial charge in [-0.1, -0.05) is 0 Å². The van der Waals surface area contributed by atoms with Crippen molar-refractivity contribution in [2.45, 2.75) is 12.5 Å². The molecule has 100 valence electrons. The Morgan fingerprint density at radius 1 is 1.16 bits per heavy atom. The molecule has 0 saturated heterocycles. The molecule has 2 aromatic rings. The molecule has 2 rings (SSSR count). The van der Waals surface area contributed by atoms with Gasteiger partial charge in [-0.3, -0.25) is 16.3 Å². The number of hydrazine groups is 1. The van der Waals surface area contributed by atoms with E-state index in [0.717, 1.165) is 16.1 Å². The number of pyridine rings is 1. The third-order valence-corrected chi connectivity index (χ3v) is 3.12. The summed E-state index contributed by atoms with van der Waals surface area (Å²) in [6.45, 7) is 0.